The summed E-state index contributed by atoms with van der Waals surface area (Å²) in [6.45, 7) is 4.19. The van der Waals surface area contributed by atoms with Crippen LogP contribution in [0.3, 0.4) is 0 Å². The van der Waals surface area contributed by atoms with Gasteiger partial charge in [0.05, 0.1) is 17.9 Å². The Hall–Kier alpha value is -1.12. The molecule has 0 amide bonds. The number of halogens is 1. The Morgan fingerprint density at radius 3 is 2.67 bits per heavy atom. The van der Waals surface area contributed by atoms with Crippen LogP contribution in [0.15, 0.2) is 24.3 Å². The summed E-state index contributed by atoms with van der Waals surface area (Å²) in [5, 5.41) is 7.78. The van der Waals surface area contributed by atoms with E-state index in [4.69, 9.17) is 9.47 Å². The third-order valence-electron chi connectivity index (χ3n) is 3.10. The van der Waals surface area contributed by atoms with Gasteiger partial charge in [-0.3, -0.25) is 0 Å². The zero-order valence-corrected chi connectivity index (χ0v) is 14.7. The van der Waals surface area contributed by atoms with Crippen molar-refractivity contribution in [2.75, 3.05) is 20.3 Å². The number of hydrogen-bond acceptors (Lipinski definition) is 4. The SMILES string of the molecule is COCCNCc1c(C)nn(C)c1Oc1ccc(I)cc1. The second-order valence-electron chi connectivity index (χ2n) is 4.72. The van der Waals surface area contributed by atoms with E-state index in [1.165, 1.54) is 3.57 Å². The van der Waals surface area contributed by atoms with E-state index in [0.717, 1.165) is 29.4 Å². The summed E-state index contributed by atoms with van der Waals surface area (Å²) in [7, 11) is 3.59. The molecule has 1 aromatic heterocycles. The largest absolute Gasteiger partial charge is 0.439 e. The second kappa shape index (κ2) is 7.77. The molecule has 114 valence electrons. The lowest BCUT2D eigenvalue weighted by molar-refractivity contribution is 0.199. The molecule has 0 saturated heterocycles. The molecule has 0 fully saturated rings. The average molecular weight is 401 g/mol. The first-order valence-electron chi connectivity index (χ1n) is 6.77. The van der Waals surface area contributed by atoms with Crippen molar-refractivity contribution in [3.05, 3.63) is 39.1 Å². The van der Waals surface area contributed by atoms with Gasteiger partial charge in [-0.2, -0.15) is 5.10 Å². The van der Waals surface area contributed by atoms with Gasteiger partial charge in [-0.15, -0.1) is 0 Å². The van der Waals surface area contributed by atoms with Gasteiger partial charge in [0.25, 0.3) is 0 Å². The molecule has 0 radical (unpaired) electrons. The summed E-state index contributed by atoms with van der Waals surface area (Å²) < 4.78 is 14.0. The Kier molecular flexibility index (Phi) is 6.01. The zero-order chi connectivity index (χ0) is 15.2. The molecular formula is C15H20IN3O2. The van der Waals surface area contributed by atoms with Crippen molar-refractivity contribution in [2.45, 2.75) is 13.5 Å². The number of rotatable bonds is 7. The van der Waals surface area contributed by atoms with Crippen LogP contribution in [-0.2, 0) is 18.3 Å². The molecule has 21 heavy (non-hydrogen) atoms. The lowest BCUT2D eigenvalue weighted by Crippen LogP contribution is -2.19. The van der Waals surface area contributed by atoms with Gasteiger partial charge >= 0.3 is 0 Å². The van der Waals surface area contributed by atoms with Crippen LogP contribution in [-0.4, -0.2) is 30.0 Å². The van der Waals surface area contributed by atoms with Crippen LogP contribution in [0, 0.1) is 10.5 Å². The summed E-state index contributed by atoms with van der Waals surface area (Å²) in [6.07, 6.45) is 0. The van der Waals surface area contributed by atoms with Crippen molar-refractivity contribution < 1.29 is 9.47 Å². The highest BCUT2D eigenvalue weighted by atomic mass is 127. The Balaban J connectivity index is 2.12. The van der Waals surface area contributed by atoms with Crippen molar-refractivity contribution in [3.8, 4) is 11.6 Å². The lowest BCUT2D eigenvalue weighted by atomic mass is 10.2. The van der Waals surface area contributed by atoms with Crippen molar-refractivity contribution in [2.24, 2.45) is 7.05 Å². The molecule has 0 aliphatic heterocycles. The zero-order valence-electron chi connectivity index (χ0n) is 12.5. The maximum absolute atomic E-state index is 6.00. The van der Waals surface area contributed by atoms with Crippen molar-refractivity contribution in [1.29, 1.82) is 0 Å². The minimum absolute atomic E-state index is 0.687. The third-order valence-corrected chi connectivity index (χ3v) is 3.82. The van der Waals surface area contributed by atoms with E-state index in [0.29, 0.717) is 13.2 Å². The predicted molar refractivity (Wildman–Crippen MR) is 90.8 cm³/mol. The molecule has 5 nitrogen and oxygen atoms in total. The van der Waals surface area contributed by atoms with Gasteiger partial charge < -0.3 is 14.8 Å². The van der Waals surface area contributed by atoms with Gasteiger partial charge in [0, 0.05) is 30.8 Å². The summed E-state index contributed by atoms with van der Waals surface area (Å²) in [6, 6.07) is 7.98. The normalized spacial score (nSPS) is 10.9. The van der Waals surface area contributed by atoms with Crippen LogP contribution >= 0.6 is 22.6 Å². The van der Waals surface area contributed by atoms with E-state index >= 15 is 0 Å². The van der Waals surface area contributed by atoms with Gasteiger partial charge in [0.2, 0.25) is 5.88 Å². The minimum atomic E-state index is 0.687. The molecule has 1 aromatic carbocycles. The predicted octanol–water partition coefficient (Wildman–Crippen LogP) is 2.86. The van der Waals surface area contributed by atoms with E-state index in [1.54, 1.807) is 11.8 Å². The molecule has 2 rings (SSSR count). The second-order valence-corrected chi connectivity index (χ2v) is 5.96. The molecule has 6 heteroatoms. The summed E-state index contributed by atoms with van der Waals surface area (Å²) in [4.78, 5) is 0. The maximum Gasteiger partial charge on any atom is 0.222 e. The molecule has 0 aliphatic rings. The highest BCUT2D eigenvalue weighted by Gasteiger charge is 2.15. The number of hydrogen-bond donors (Lipinski definition) is 1. The van der Waals surface area contributed by atoms with E-state index in [9.17, 15) is 0 Å². The van der Waals surface area contributed by atoms with Crippen LogP contribution in [0.25, 0.3) is 0 Å². The molecule has 2 aromatic rings. The Labute approximate surface area is 138 Å². The Morgan fingerprint density at radius 1 is 1.29 bits per heavy atom. The third kappa shape index (κ3) is 4.42. The molecule has 0 bridgehead atoms. The van der Waals surface area contributed by atoms with E-state index in [1.807, 2.05) is 38.2 Å². The maximum atomic E-state index is 6.00. The molecule has 0 atom stereocenters. The van der Waals surface area contributed by atoms with E-state index < -0.39 is 0 Å². The van der Waals surface area contributed by atoms with Gasteiger partial charge in [0.15, 0.2) is 0 Å². The van der Waals surface area contributed by atoms with Crippen LogP contribution in [0.2, 0.25) is 0 Å². The molecule has 0 unspecified atom stereocenters. The fourth-order valence-electron chi connectivity index (χ4n) is 2.01. The lowest BCUT2D eigenvalue weighted by Gasteiger charge is -2.10. The number of aromatic nitrogens is 2. The number of nitrogens with one attached hydrogen (secondary N) is 1. The van der Waals surface area contributed by atoms with Crippen LogP contribution < -0.4 is 10.1 Å². The van der Waals surface area contributed by atoms with Crippen molar-refractivity contribution in [1.82, 2.24) is 15.1 Å². The summed E-state index contributed by atoms with van der Waals surface area (Å²) in [5.74, 6) is 1.59. The Bertz CT molecular complexity index is 581. The monoisotopic (exact) mass is 401 g/mol. The van der Waals surface area contributed by atoms with E-state index in [2.05, 4.69) is 33.0 Å². The van der Waals surface area contributed by atoms with Crippen LogP contribution in [0.5, 0.6) is 11.6 Å². The van der Waals surface area contributed by atoms with E-state index in [-0.39, 0.29) is 0 Å². The van der Waals surface area contributed by atoms with Crippen molar-refractivity contribution >= 4 is 22.6 Å². The smallest absolute Gasteiger partial charge is 0.222 e. The summed E-state index contributed by atoms with van der Waals surface area (Å²) in [5.41, 5.74) is 2.05. The fraction of sp³-hybridized carbons (Fsp3) is 0.400. The molecule has 0 aliphatic carbocycles. The molecule has 1 N–H and O–H groups in total. The first-order valence-corrected chi connectivity index (χ1v) is 7.85. The fourth-order valence-corrected chi connectivity index (χ4v) is 2.37. The van der Waals surface area contributed by atoms with Gasteiger partial charge in [-0.1, -0.05) is 0 Å². The van der Waals surface area contributed by atoms with Gasteiger partial charge in [-0.25, -0.2) is 4.68 Å². The molecule has 0 saturated carbocycles. The molecule has 1 heterocycles. The number of benzene rings is 1. The first-order chi connectivity index (χ1) is 10.1. The van der Waals surface area contributed by atoms with Crippen LogP contribution in [0.4, 0.5) is 0 Å². The molecular weight excluding hydrogens is 381 g/mol. The topological polar surface area (TPSA) is 48.3 Å². The summed E-state index contributed by atoms with van der Waals surface area (Å²) >= 11 is 2.28. The molecule has 0 spiro atoms. The highest BCUT2D eigenvalue weighted by Crippen LogP contribution is 2.27. The number of aryl methyl sites for hydroxylation is 2. The first kappa shape index (κ1) is 16.3. The average Bonchev–Trinajstić information content (AvgIpc) is 2.72. The Morgan fingerprint density at radius 2 is 2.00 bits per heavy atom. The van der Waals surface area contributed by atoms with Gasteiger partial charge in [0.1, 0.15) is 5.75 Å². The number of nitrogens with zero attached hydrogens (tertiary/aromatic N) is 2. The van der Waals surface area contributed by atoms with Crippen LogP contribution in [0.1, 0.15) is 11.3 Å². The minimum Gasteiger partial charge on any atom is -0.439 e. The highest BCUT2D eigenvalue weighted by molar-refractivity contribution is 14.1. The van der Waals surface area contributed by atoms with Gasteiger partial charge in [-0.05, 0) is 53.8 Å². The number of ether oxygens (including phenoxy) is 2. The quantitative estimate of drug-likeness (QED) is 0.573. The standard InChI is InChI=1S/C15H20IN3O2/c1-11-14(10-17-8-9-20-3)15(19(2)18-11)21-13-6-4-12(16)5-7-13/h4-7,17H,8-10H2,1-3H3. The van der Waals surface area contributed by atoms with Crippen molar-refractivity contribution in [3.63, 3.8) is 0 Å². The number of methoxy groups -OCH3 is 1.